The molecule has 0 unspecified atom stereocenters. The van der Waals surface area contributed by atoms with E-state index in [1.165, 1.54) is 23.7 Å². The summed E-state index contributed by atoms with van der Waals surface area (Å²) in [4.78, 5) is 21.0. The molecule has 0 atom stereocenters. The number of hydrogen-bond acceptors (Lipinski definition) is 5. The van der Waals surface area contributed by atoms with Crippen molar-refractivity contribution in [3.05, 3.63) is 66.8 Å². The molecule has 0 spiro atoms. The molecule has 1 amide bonds. The maximum Gasteiger partial charge on any atom is 0.250 e. The first-order chi connectivity index (χ1) is 11.7. The van der Waals surface area contributed by atoms with Crippen molar-refractivity contribution in [3.8, 4) is 10.4 Å². The third kappa shape index (κ3) is 4.17. The van der Waals surface area contributed by atoms with E-state index in [9.17, 15) is 4.79 Å². The van der Waals surface area contributed by atoms with Crippen molar-refractivity contribution in [1.29, 1.82) is 0 Å². The van der Waals surface area contributed by atoms with E-state index in [4.69, 9.17) is 10.2 Å². The predicted molar refractivity (Wildman–Crippen MR) is 94.7 cm³/mol. The summed E-state index contributed by atoms with van der Waals surface area (Å²) in [6.07, 6.45) is 6.11. The lowest BCUT2D eigenvalue weighted by molar-refractivity contribution is -0.115. The van der Waals surface area contributed by atoms with Gasteiger partial charge in [-0.2, -0.15) is 4.99 Å². The summed E-state index contributed by atoms with van der Waals surface area (Å²) in [5, 5.41) is 2.94. The Morgan fingerprint density at radius 2 is 2.08 bits per heavy atom. The minimum absolute atomic E-state index is 0.0157. The van der Waals surface area contributed by atoms with Crippen LogP contribution in [0.5, 0.6) is 0 Å². The van der Waals surface area contributed by atoms with Crippen molar-refractivity contribution in [3.63, 3.8) is 0 Å². The van der Waals surface area contributed by atoms with Crippen LogP contribution in [0, 0.1) is 0 Å². The van der Waals surface area contributed by atoms with Crippen LogP contribution in [0.4, 0.5) is 5.13 Å². The Kier molecular flexibility index (Phi) is 4.83. The summed E-state index contributed by atoms with van der Waals surface area (Å²) in [6, 6.07) is 13.3. The normalized spacial score (nSPS) is 11.8. The van der Waals surface area contributed by atoms with Gasteiger partial charge in [-0.25, -0.2) is 4.98 Å². The lowest BCUT2D eigenvalue weighted by atomic mass is 10.2. The smallest absolute Gasteiger partial charge is 0.250 e. The number of thiazole rings is 1. The van der Waals surface area contributed by atoms with E-state index < -0.39 is 5.91 Å². The van der Waals surface area contributed by atoms with Crippen LogP contribution in [0.15, 0.2) is 70.4 Å². The Bertz CT molecular complexity index is 867. The molecule has 0 aliphatic heterocycles. The SMILES string of the molecule is NC(=Nc1ncc(-c2ccccc2)s1)NC(=O)/C=C/c1ccco1. The molecule has 0 radical (unpaired) electrons. The summed E-state index contributed by atoms with van der Waals surface area (Å²) in [7, 11) is 0. The number of furan rings is 1. The number of aromatic nitrogens is 1. The maximum absolute atomic E-state index is 11.7. The molecule has 3 aromatic rings. The third-order valence-electron chi connectivity index (χ3n) is 2.96. The maximum atomic E-state index is 11.7. The molecule has 0 saturated carbocycles. The highest BCUT2D eigenvalue weighted by molar-refractivity contribution is 7.18. The van der Waals surface area contributed by atoms with Crippen LogP contribution in [0.2, 0.25) is 0 Å². The zero-order valence-corrected chi connectivity index (χ0v) is 13.4. The number of nitrogens with zero attached hydrogens (tertiary/aromatic N) is 2. The molecule has 2 heterocycles. The first-order valence-corrected chi connectivity index (χ1v) is 7.90. The fourth-order valence-corrected chi connectivity index (χ4v) is 2.70. The van der Waals surface area contributed by atoms with Crippen LogP contribution in [-0.4, -0.2) is 16.9 Å². The van der Waals surface area contributed by atoms with E-state index in [0.29, 0.717) is 10.9 Å². The fraction of sp³-hybridized carbons (Fsp3) is 0. The van der Waals surface area contributed by atoms with Gasteiger partial charge in [-0.1, -0.05) is 41.7 Å². The molecule has 3 rings (SSSR count). The van der Waals surface area contributed by atoms with Crippen molar-refractivity contribution in [2.45, 2.75) is 0 Å². The van der Waals surface area contributed by atoms with Gasteiger partial charge in [-0.05, 0) is 23.8 Å². The van der Waals surface area contributed by atoms with Gasteiger partial charge in [-0.3, -0.25) is 10.1 Å². The summed E-state index contributed by atoms with van der Waals surface area (Å²) in [5.74, 6) is 0.165. The molecule has 7 heteroatoms. The molecular formula is C17H14N4O2S. The van der Waals surface area contributed by atoms with Crippen molar-refractivity contribution in [2.24, 2.45) is 10.7 Å². The number of hydrogen-bond donors (Lipinski definition) is 2. The van der Waals surface area contributed by atoms with Gasteiger partial charge in [0, 0.05) is 12.3 Å². The number of nitrogens with two attached hydrogens (primary N) is 1. The Morgan fingerprint density at radius 3 is 2.83 bits per heavy atom. The quantitative estimate of drug-likeness (QED) is 0.434. The Hall–Kier alpha value is -3.19. The highest BCUT2D eigenvalue weighted by Gasteiger charge is 2.05. The van der Waals surface area contributed by atoms with Crippen molar-refractivity contribution >= 4 is 34.4 Å². The van der Waals surface area contributed by atoms with Gasteiger partial charge >= 0.3 is 0 Å². The van der Waals surface area contributed by atoms with E-state index in [0.717, 1.165) is 10.4 Å². The monoisotopic (exact) mass is 338 g/mol. The van der Waals surface area contributed by atoms with Crippen LogP contribution in [0.1, 0.15) is 5.76 Å². The number of amides is 1. The number of guanidine groups is 1. The van der Waals surface area contributed by atoms with Gasteiger partial charge < -0.3 is 10.2 Å². The van der Waals surface area contributed by atoms with Crippen LogP contribution in [0.3, 0.4) is 0 Å². The third-order valence-corrected chi connectivity index (χ3v) is 3.90. The molecule has 6 nitrogen and oxygen atoms in total. The summed E-state index contributed by atoms with van der Waals surface area (Å²) < 4.78 is 5.09. The number of carbonyl (C=O) groups is 1. The fourth-order valence-electron chi connectivity index (χ4n) is 1.90. The molecule has 0 fully saturated rings. The van der Waals surface area contributed by atoms with Crippen molar-refractivity contribution in [1.82, 2.24) is 10.3 Å². The Morgan fingerprint density at radius 1 is 1.25 bits per heavy atom. The van der Waals surface area contributed by atoms with Gasteiger partial charge in [-0.15, -0.1) is 0 Å². The zero-order valence-electron chi connectivity index (χ0n) is 12.5. The molecule has 2 aromatic heterocycles. The Balaban J connectivity index is 1.63. The zero-order chi connectivity index (χ0) is 16.8. The van der Waals surface area contributed by atoms with Gasteiger partial charge in [0.2, 0.25) is 11.1 Å². The number of nitrogens with one attached hydrogen (secondary N) is 1. The number of aliphatic imine (C=N–C) groups is 1. The predicted octanol–water partition coefficient (Wildman–Crippen LogP) is 3.18. The van der Waals surface area contributed by atoms with Crippen LogP contribution in [0.25, 0.3) is 16.5 Å². The molecule has 0 aliphatic carbocycles. The molecule has 120 valence electrons. The Labute approximate surface area is 142 Å². The van der Waals surface area contributed by atoms with E-state index in [2.05, 4.69) is 15.3 Å². The summed E-state index contributed by atoms with van der Waals surface area (Å²) in [6.45, 7) is 0. The standard InChI is InChI=1S/C17H14N4O2S/c18-16(20-15(22)9-8-13-7-4-10-23-13)21-17-19-11-14(24-17)12-5-2-1-3-6-12/h1-11H,(H3,18,19,20,21,22)/b9-8+. The van der Waals surface area contributed by atoms with E-state index in [-0.39, 0.29) is 5.96 Å². The van der Waals surface area contributed by atoms with Crippen LogP contribution < -0.4 is 11.1 Å². The molecule has 0 saturated heterocycles. The van der Waals surface area contributed by atoms with Gasteiger partial charge in [0.15, 0.2) is 0 Å². The summed E-state index contributed by atoms with van der Waals surface area (Å²) in [5.41, 5.74) is 6.79. The number of rotatable bonds is 4. The van der Waals surface area contributed by atoms with E-state index in [1.54, 1.807) is 24.4 Å². The highest BCUT2D eigenvalue weighted by Crippen LogP contribution is 2.30. The first kappa shape index (κ1) is 15.7. The van der Waals surface area contributed by atoms with Crippen LogP contribution in [-0.2, 0) is 4.79 Å². The lowest BCUT2D eigenvalue weighted by Crippen LogP contribution is -2.35. The highest BCUT2D eigenvalue weighted by atomic mass is 32.1. The topological polar surface area (TPSA) is 93.5 Å². The number of carbonyl (C=O) groups excluding carboxylic acids is 1. The number of benzene rings is 1. The van der Waals surface area contributed by atoms with Crippen molar-refractivity contribution < 1.29 is 9.21 Å². The molecule has 1 aromatic carbocycles. The average Bonchev–Trinajstić information content (AvgIpc) is 3.25. The molecule has 0 aliphatic rings. The lowest BCUT2D eigenvalue weighted by Gasteiger charge is -1.98. The second-order valence-electron chi connectivity index (χ2n) is 4.71. The second kappa shape index (κ2) is 7.38. The average molecular weight is 338 g/mol. The largest absolute Gasteiger partial charge is 0.465 e. The molecule has 3 N–H and O–H groups in total. The van der Waals surface area contributed by atoms with Gasteiger partial charge in [0.25, 0.3) is 5.91 Å². The molecule has 24 heavy (non-hydrogen) atoms. The van der Waals surface area contributed by atoms with E-state index in [1.807, 2.05) is 30.3 Å². The summed E-state index contributed by atoms with van der Waals surface area (Å²) >= 11 is 1.39. The van der Waals surface area contributed by atoms with Gasteiger partial charge in [0.1, 0.15) is 5.76 Å². The second-order valence-corrected chi connectivity index (χ2v) is 5.72. The van der Waals surface area contributed by atoms with Gasteiger partial charge in [0.05, 0.1) is 11.1 Å². The van der Waals surface area contributed by atoms with Crippen molar-refractivity contribution in [2.75, 3.05) is 0 Å². The first-order valence-electron chi connectivity index (χ1n) is 7.09. The minimum Gasteiger partial charge on any atom is -0.465 e. The minimum atomic E-state index is -0.396. The van der Waals surface area contributed by atoms with E-state index >= 15 is 0 Å². The molecular weight excluding hydrogens is 324 g/mol. The molecule has 0 bridgehead atoms. The van der Waals surface area contributed by atoms with Crippen LogP contribution >= 0.6 is 11.3 Å².